The summed E-state index contributed by atoms with van der Waals surface area (Å²) in [6, 6.07) is 11.0. The quantitative estimate of drug-likeness (QED) is 0.407. The zero-order valence-corrected chi connectivity index (χ0v) is 23.8. The molecule has 8 nitrogen and oxygen atoms in total. The highest BCUT2D eigenvalue weighted by Crippen LogP contribution is 2.41. The molecule has 1 amide bonds. The van der Waals surface area contributed by atoms with E-state index < -0.39 is 15.9 Å². The Labute approximate surface area is 236 Å². The van der Waals surface area contributed by atoms with Crippen molar-refractivity contribution in [1.82, 2.24) is 10.2 Å². The molecule has 0 spiro atoms. The summed E-state index contributed by atoms with van der Waals surface area (Å²) in [5.74, 6) is 0.670. The first kappa shape index (κ1) is 28.2. The van der Waals surface area contributed by atoms with Crippen LogP contribution in [-0.2, 0) is 23.1 Å². The Balaban J connectivity index is 1.51. The molecule has 3 N–H and O–H groups in total. The van der Waals surface area contributed by atoms with Gasteiger partial charge in [-0.1, -0.05) is 30.5 Å². The van der Waals surface area contributed by atoms with Gasteiger partial charge in [0.2, 0.25) is 10.0 Å². The molecule has 39 heavy (non-hydrogen) atoms. The van der Waals surface area contributed by atoms with Crippen LogP contribution >= 0.6 is 11.6 Å². The maximum atomic E-state index is 13.0. The van der Waals surface area contributed by atoms with Gasteiger partial charge in [-0.3, -0.25) is 4.79 Å². The molecule has 3 aliphatic rings. The van der Waals surface area contributed by atoms with Gasteiger partial charge in [-0.15, -0.1) is 0 Å². The van der Waals surface area contributed by atoms with Crippen molar-refractivity contribution in [3.8, 4) is 5.75 Å². The van der Waals surface area contributed by atoms with E-state index >= 15 is 0 Å². The maximum Gasteiger partial charge on any atom is 0.264 e. The van der Waals surface area contributed by atoms with Gasteiger partial charge in [0.25, 0.3) is 5.91 Å². The highest BCUT2D eigenvalue weighted by Gasteiger charge is 2.38. The molecule has 3 atom stereocenters. The zero-order valence-electron chi connectivity index (χ0n) is 22.2. The van der Waals surface area contributed by atoms with Crippen molar-refractivity contribution in [1.29, 1.82) is 0 Å². The third-order valence-corrected chi connectivity index (χ3v) is 10.1. The molecule has 2 aliphatic heterocycles. The standard InChI is InChI=1S/C29H38ClN3O5S/c30-24-11-8-23-19-38-28-13-10-21-17-27(28)33(14-4-3-6-20(23)16-24)18-22-9-12-25(22)26(31-35)7-2-1-5-15-39(36,37)32-29(21)34/h8,10-11,13,16-17,22,25-26,31,35H,1-7,9,12,14-15,18-19H2,(H,32,34)/t22-,25+,26+/m0/s1. The number of fused-ring (bicyclic) bond motifs is 3. The first-order valence-corrected chi connectivity index (χ1v) is 16.1. The van der Waals surface area contributed by atoms with Gasteiger partial charge in [-0.2, -0.15) is 0 Å². The van der Waals surface area contributed by atoms with Gasteiger partial charge in [-0.05, 0) is 98.2 Å². The predicted octanol–water partition coefficient (Wildman–Crippen LogP) is 5.07. The second-order valence-electron chi connectivity index (χ2n) is 11.1. The number of sulfonamides is 1. The smallest absolute Gasteiger partial charge is 0.264 e. The van der Waals surface area contributed by atoms with E-state index in [0.717, 1.165) is 75.7 Å². The van der Waals surface area contributed by atoms with Crippen LogP contribution in [0.15, 0.2) is 36.4 Å². The molecule has 2 heterocycles. The molecule has 0 unspecified atom stereocenters. The van der Waals surface area contributed by atoms with Crippen LogP contribution in [0.4, 0.5) is 5.69 Å². The monoisotopic (exact) mass is 575 g/mol. The van der Waals surface area contributed by atoms with Gasteiger partial charge >= 0.3 is 0 Å². The van der Waals surface area contributed by atoms with Crippen LogP contribution < -0.4 is 19.8 Å². The molecule has 0 saturated heterocycles. The SMILES string of the molecule is O=C1NS(=O)(=O)CCCCC[C@@H](NO)[C@@H]2CC[C@H]2CN2CCCCc3cc(Cl)ccc3COc3ccc1cc32. The number of amides is 1. The van der Waals surface area contributed by atoms with E-state index in [2.05, 4.69) is 15.1 Å². The first-order chi connectivity index (χ1) is 18.8. The van der Waals surface area contributed by atoms with E-state index in [0.29, 0.717) is 41.2 Å². The summed E-state index contributed by atoms with van der Waals surface area (Å²) in [6.45, 7) is 1.92. The van der Waals surface area contributed by atoms with Crippen LogP contribution in [-0.4, -0.2) is 44.4 Å². The van der Waals surface area contributed by atoms with Crippen LogP contribution in [0.1, 0.15) is 72.9 Å². The summed E-state index contributed by atoms with van der Waals surface area (Å²) in [6.07, 6.45) is 7.74. The van der Waals surface area contributed by atoms with Gasteiger partial charge in [0, 0.05) is 29.7 Å². The van der Waals surface area contributed by atoms with Gasteiger partial charge < -0.3 is 14.8 Å². The fraction of sp³-hybridized carbons (Fsp3) is 0.552. The molecule has 0 aromatic heterocycles. The number of carbonyl (C=O) groups excluding carboxylic acids is 1. The van der Waals surface area contributed by atoms with Crippen molar-refractivity contribution >= 4 is 33.2 Å². The lowest BCUT2D eigenvalue weighted by atomic mass is 9.68. The second kappa shape index (κ2) is 12.5. The van der Waals surface area contributed by atoms with Gasteiger partial charge in [-0.25, -0.2) is 18.6 Å². The van der Waals surface area contributed by atoms with E-state index in [4.69, 9.17) is 16.3 Å². The molecular weight excluding hydrogens is 538 g/mol. The molecule has 5 rings (SSSR count). The van der Waals surface area contributed by atoms with E-state index in [1.807, 2.05) is 18.2 Å². The van der Waals surface area contributed by atoms with Gasteiger partial charge in [0.1, 0.15) is 12.4 Å². The number of hydroxylamine groups is 1. The second-order valence-corrected chi connectivity index (χ2v) is 13.4. The topological polar surface area (TPSA) is 108 Å². The van der Waals surface area contributed by atoms with Crippen molar-refractivity contribution in [2.24, 2.45) is 11.8 Å². The van der Waals surface area contributed by atoms with Crippen molar-refractivity contribution in [3.05, 3.63) is 58.1 Å². The van der Waals surface area contributed by atoms with Crippen molar-refractivity contribution in [3.63, 3.8) is 0 Å². The Morgan fingerprint density at radius 1 is 1.00 bits per heavy atom. The van der Waals surface area contributed by atoms with Crippen LogP contribution in [0.25, 0.3) is 0 Å². The molecule has 2 aromatic carbocycles. The highest BCUT2D eigenvalue weighted by molar-refractivity contribution is 7.90. The number of carbonyl (C=O) groups is 1. The van der Waals surface area contributed by atoms with Gasteiger partial charge in [0.05, 0.1) is 11.4 Å². The first-order valence-electron chi connectivity index (χ1n) is 14.1. The van der Waals surface area contributed by atoms with Crippen LogP contribution in [0, 0.1) is 11.8 Å². The number of hydrogen-bond acceptors (Lipinski definition) is 7. The number of nitrogens with zero attached hydrogens (tertiary/aromatic N) is 1. The number of halogens is 1. The Kier molecular flexibility index (Phi) is 9.01. The van der Waals surface area contributed by atoms with Crippen LogP contribution in [0.3, 0.4) is 0 Å². The summed E-state index contributed by atoms with van der Waals surface area (Å²) in [5.41, 5.74) is 5.91. The number of rotatable bonds is 1. The van der Waals surface area contributed by atoms with Gasteiger partial charge in [0.15, 0.2) is 0 Å². The van der Waals surface area contributed by atoms with Crippen LogP contribution in [0.5, 0.6) is 5.75 Å². The van der Waals surface area contributed by atoms with E-state index in [1.165, 1.54) is 5.56 Å². The number of ether oxygens (including phenoxy) is 1. The average molecular weight is 576 g/mol. The third kappa shape index (κ3) is 6.88. The lowest BCUT2D eigenvalue weighted by Crippen LogP contribution is -2.48. The van der Waals surface area contributed by atoms with E-state index in [9.17, 15) is 18.4 Å². The zero-order chi connectivity index (χ0) is 27.4. The molecule has 2 aromatic rings. The lowest BCUT2D eigenvalue weighted by Gasteiger charge is -2.44. The summed E-state index contributed by atoms with van der Waals surface area (Å²) in [4.78, 5) is 15.3. The molecule has 1 aliphatic carbocycles. The average Bonchev–Trinajstić information content (AvgIpc) is 2.92. The lowest BCUT2D eigenvalue weighted by molar-refractivity contribution is 0.0318. The number of anilines is 1. The number of nitrogens with one attached hydrogen (secondary N) is 2. The minimum absolute atomic E-state index is 0.0156. The van der Waals surface area contributed by atoms with Crippen molar-refractivity contribution in [2.45, 2.75) is 70.4 Å². The molecule has 1 fully saturated rings. The molecule has 10 heteroatoms. The summed E-state index contributed by atoms with van der Waals surface area (Å²) >= 11 is 6.29. The summed E-state index contributed by atoms with van der Waals surface area (Å²) in [7, 11) is -3.76. The Bertz CT molecular complexity index is 1290. The minimum atomic E-state index is -3.76. The summed E-state index contributed by atoms with van der Waals surface area (Å²) in [5, 5.41) is 10.7. The molecular formula is C29H38ClN3O5S. The molecule has 212 valence electrons. The van der Waals surface area contributed by atoms with Crippen molar-refractivity contribution < 1.29 is 23.2 Å². The number of aryl methyl sites for hydroxylation is 1. The fourth-order valence-electron chi connectivity index (χ4n) is 6.17. The molecule has 1 saturated carbocycles. The molecule has 2 bridgehead atoms. The Morgan fingerprint density at radius 2 is 1.87 bits per heavy atom. The third-order valence-electron chi connectivity index (χ3n) is 8.53. The number of hydrogen-bond donors (Lipinski definition) is 3. The Morgan fingerprint density at radius 3 is 2.67 bits per heavy atom. The highest BCUT2D eigenvalue weighted by atomic mass is 35.5. The Hall–Kier alpha value is -2.33. The number of benzene rings is 2. The summed E-state index contributed by atoms with van der Waals surface area (Å²) < 4.78 is 33.9. The fourth-order valence-corrected chi connectivity index (χ4v) is 7.45. The van der Waals surface area contributed by atoms with E-state index in [1.54, 1.807) is 18.2 Å². The maximum absolute atomic E-state index is 13.0. The van der Waals surface area contributed by atoms with Crippen LogP contribution in [0.2, 0.25) is 5.02 Å². The minimum Gasteiger partial charge on any atom is -0.487 e. The predicted molar refractivity (Wildman–Crippen MR) is 152 cm³/mol. The van der Waals surface area contributed by atoms with Crippen molar-refractivity contribution in [2.75, 3.05) is 23.7 Å². The normalized spacial score (nSPS) is 26.1. The largest absolute Gasteiger partial charge is 0.487 e. The molecule has 0 radical (unpaired) electrons. The van der Waals surface area contributed by atoms with E-state index in [-0.39, 0.29) is 11.8 Å².